The summed E-state index contributed by atoms with van der Waals surface area (Å²) in [5.41, 5.74) is 0.147. The third-order valence-corrected chi connectivity index (χ3v) is 4.43. The summed E-state index contributed by atoms with van der Waals surface area (Å²) in [4.78, 5) is 16.5. The second-order valence-corrected chi connectivity index (χ2v) is 6.43. The first-order valence-corrected chi connectivity index (χ1v) is 8.56. The van der Waals surface area contributed by atoms with Gasteiger partial charge in [0.2, 0.25) is 0 Å². The molecule has 0 spiro atoms. The van der Waals surface area contributed by atoms with Crippen LogP contribution in [0.2, 0.25) is 0 Å². The van der Waals surface area contributed by atoms with Gasteiger partial charge >= 0.3 is 0 Å². The van der Waals surface area contributed by atoms with Crippen LogP contribution in [0.3, 0.4) is 0 Å². The lowest BCUT2D eigenvalue weighted by molar-refractivity contribution is 0.0757. The van der Waals surface area contributed by atoms with E-state index in [1.165, 1.54) is 0 Å². The first-order valence-electron chi connectivity index (χ1n) is 6.65. The first kappa shape index (κ1) is 15.9. The lowest BCUT2D eigenvalue weighted by atomic mass is 10.2. The zero-order chi connectivity index (χ0) is 14.5. The van der Waals surface area contributed by atoms with Crippen molar-refractivity contribution in [3.8, 4) is 0 Å². The Morgan fingerprint density at radius 1 is 1.25 bits per heavy atom. The fourth-order valence-electron chi connectivity index (χ4n) is 2.36. The van der Waals surface area contributed by atoms with Gasteiger partial charge in [-0.15, -0.1) is 0 Å². The highest BCUT2D eigenvalue weighted by Crippen LogP contribution is 2.20. The van der Waals surface area contributed by atoms with Crippen LogP contribution in [-0.4, -0.2) is 53.8 Å². The SMILES string of the molecule is O=C(c1cccc(Br)c1F)N1CCCN(CCBr)CC1. The van der Waals surface area contributed by atoms with Crippen LogP contribution in [0.5, 0.6) is 0 Å². The molecule has 2 rings (SSSR count). The van der Waals surface area contributed by atoms with Crippen LogP contribution in [0, 0.1) is 5.82 Å². The molecule has 0 saturated carbocycles. The smallest absolute Gasteiger partial charge is 0.256 e. The molecule has 0 bridgehead atoms. The zero-order valence-corrected chi connectivity index (χ0v) is 14.3. The van der Waals surface area contributed by atoms with Crippen LogP contribution in [-0.2, 0) is 0 Å². The number of hydrogen-bond donors (Lipinski definition) is 0. The molecule has 1 aliphatic heterocycles. The summed E-state index contributed by atoms with van der Waals surface area (Å²) in [5, 5.41) is 0.932. The minimum Gasteiger partial charge on any atom is -0.337 e. The summed E-state index contributed by atoms with van der Waals surface area (Å²) in [6.07, 6.45) is 0.925. The van der Waals surface area contributed by atoms with Crippen molar-refractivity contribution < 1.29 is 9.18 Å². The Hall–Kier alpha value is -0.460. The number of rotatable bonds is 3. The molecule has 0 aromatic heterocycles. The van der Waals surface area contributed by atoms with Crippen LogP contribution < -0.4 is 0 Å². The Morgan fingerprint density at radius 3 is 2.80 bits per heavy atom. The number of alkyl halides is 1. The van der Waals surface area contributed by atoms with Gasteiger partial charge in [0, 0.05) is 31.5 Å². The van der Waals surface area contributed by atoms with Gasteiger partial charge in [-0.05, 0) is 41.0 Å². The number of amides is 1. The maximum atomic E-state index is 14.0. The highest BCUT2D eigenvalue weighted by molar-refractivity contribution is 9.10. The van der Waals surface area contributed by atoms with E-state index in [0.717, 1.165) is 31.4 Å². The minimum atomic E-state index is -0.473. The molecule has 1 aliphatic rings. The molecule has 0 aliphatic carbocycles. The Bertz CT molecular complexity index is 484. The van der Waals surface area contributed by atoms with Crippen LogP contribution in [0.15, 0.2) is 22.7 Å². The van der Waals surface area contributed by atoms with E-state index in [4.69, 9.17) is 0 Å². The molecule has 3 nitrogen and oxygen atoms in total. The minimum absolute atomic E-state index is 0.147. The van der Waals surface area contributed by atoms with E-state index in [1.807, 2.05) is 0 Å². The topological polar surface area (TPSA) is 23.6 Å². The normalized spacial score (nSPS) is 17.1. The molecule has 1 aromatic rings. The molecule has 0 unspecified atom stereocenters. The molecule has 1 fully saturated rings. The average molecular weight is 408 g/mol. The van der Waals surface area contributed by atoms with Crippen LogP contribution in [0.25, 0.3) is 0 Å². The molecule has 1 saturated heterocycles. The van der Waals surface area contributed by atoms with Gasteiger partial charge in [0.05, 0.1) is 10.0 Å². The molecule has 0 N–H and O–H groups in total. The number of halogens is 3. The van der Waals surface area contributed by atoms with Crippen molar-refractivity contribution in [2.45, 2.75) is 6.42 Å². The highest BCUT2D eigenvalue weighted by atomic mass is 79.9. The Kier molecular flexibility index (Phi) is 5.99. The van der Waals surface area contributed by atoms with Crippen molar-refractivity contribution in [3.05, 3.63) is 34.1 Å². The fourth-order valence-corrected chi connectivity index (χ4v) is 3.22. The quantitative estimate of drug-likeness (QED) is 0.718. The Labute approximate surface area is 135 Å². The van der Waals surface area contributed by atoms with Crippen LogP contribution in [0.4, 0.5) is 4.39 Å². The lowest BCUT2D eigenvalue weighted by Crippen LogP contribution is -2.36. The van der Waals surface area contributed by atoms with Crippen LogP contribution >= 0.6 is 31.9 Å². The van der Waals surface area contributed by atoms with Gasteiger partial charge in [0.1, 0.15) is 5.82 Å². The summed E-state index contributed by atoms with van der Waals surface area (Å²) < 4.78 is 14.3. The third kappa shape index (κ3) is 3.80. The number of benzene rings is 1. The summed E-state index contributed by atoms with van der Waals surface area (Å²) in [5.74, 6) is -0.691. The monoisotopic (exact) mass is 406 g/mol. The van der Waals surface area contributed by atoms with E-state index in [-0.39, 0.29) is 11.5 Å². The Balaban J connectivity index is 2.07. The van der Waals surface area contributed by atoms with E-state index in [2.05, 4.69) is 36.8 Å². The van der Waals surface area contributed by atoms with Crippen molar-refractivity contribution in [3.63, 3.8) is 0 Å². The first-order chi connectivity index (χ1) is 9.63. The standard InChI is InChI=1S/C14H17Br2FN2O/c15-5-8-18-6-2-7-19(10-9-18)14(20)11-3-1-4-12(16)13(11)17/h1,3-4H,2,5-10H2. The van der Waals surface area contributed by atoms with Gasteiger partial charge in [-0.25, -0.2) is 4.39 Å². The van der Waals surface area contributed by atoms with E-state index < -0.39 is 5.82 Å². The lowest BCUT2D eigenvalue weighted by Gasteiger charge is -2.22. The summed E-state index contributed by atoms with van der Waals surface area (Å²) >= 11 is 6.56. The second-order valence-electron chi connectivity index (χ2n) is 4.78. The average Bonchev–Trinajstić information content (AvgIpc) is 2.67. The third-order valence-electron chi connectivity index (χ3n) is 3.46. The van der Waals surface area contributed by atoms with Crippen molar-refractivity contribution in [1.82, 2.24) is 9.80 Å². The van der Waals surface area contributed by atoms with E-state index in [0.29, 0.717) is 17.6 Å². The zero-order valence-electron chi connectivity index (χ0n) is 11.1. The number of carbonyl (C=O) groups excluding carboxylic acids is 1. The van der Waals surface area contributed by atoms with Crippen molar-refractivity contribution >= 4 is 37.8 Å². The van der Waals surface area contributed by atoms with E-state index in [1.54, 1.807) is 23.1 Å². The maximum absolute atomic E-state index is 14.0. The summed E-state index contributed by atoms with van der Waals surface area (Å²) in [6, 6.07) is 4.84. The summed E-state index contributed by atoms with van der Waals surface area (Å²) in [6.45, 7) is 4.14. The second kappa shape index (κ2) is 7.52. The number of carbonyl (C=O) groups is 1. The number of nitrogens with zero attached hydrogens (tertiary/aromatic N) is 2. The highest BCUT2D eigenvalue weighted by Gasteiger charge is 2.22. The predicted molar refractivity (Wildman–Crippen MR) is 84.9 cm³/mol. The molecule has 1 amide bonds. The van der Waals surface area contributed by atoms with Crippen molar-refractivity contribution in [1.29, 1.82) is 0 Å². The van der Waals surface area contributed by atoms with Gasteiger partial charge < -0.3 is 9.80 Å². The van der Waals surface area contributed by atoms with Gasteiger partial charge in [-0.1, -0.05) is 22.0 Å². The predicted octanol–water partition coefficient (Wildman–Crippen LogP) is 3.13. The molecular formula is C14H17Br2FN2O. The van der Waals surface area contributed by atoms with Crippen molar-refractivity contribution in [2.75, 3.05) is 38.1 Å². The fraction of sp³-hybridized carbons (Fsp3) is 0.500. The molecule has 1 aromatic carbocycles. The van der Waals surface area contributed by atoms with Gasteiger partial charge in [-0.3, -0.25) is 4.79 Å². The molecule has 20 heavy (non-hydrogen) atoms. The largest absolute Gasteiger partial charge is 0.337 e. The number of hydrogen-bond acceptors (Lipinski definition) is 2. The van der Waals surface area contributed by atoms with Crippen molar-refractivity contribution in [2.24, 2.45) is 0 Å². The van der Waals surface area contributed by atoms with Gasteiger partial charge in [0.25, 0.3) is 5.91 Å². The van der Waals surface area contributed by atoms with Gasteiger partial charge in [-0.2, -0.15) is 0 Å². The maximum Gasteiger partial charge on any atom is 0.256 e. The molecule has 0 atom stereocenters. The molecule has 6 heteroatoms. The molecule has 1 heterocycles. The Morgan fingerprint density at radius 2 is 2.05 bits per heavy atom. The van der Waals surface area contributed by atoms with Gasteiger partial charge in [0.15, 0.2) is 0 Å². The molecule has 110 valence electrons. The molecule has 0 radical (unpaired) electrons. The van der Waals surface area contributed by atoms with E-state index >= 15 is 0 Å². The van der Waals surface area contributed by atoms with E-state index in [9.17, 15) is 9.18 Å². The molecular weight excluding hydrogens is 391 g/mol. The van der Waals surface area contributed by atoms with Crippen LogP contribution in [0.1, 0.15) is 16.8 Å². The summed E-state index contributed by atoms with van der Waals surface area (Å²) in [7, 11) is 0.